The third-order valence-corrected chi connectivity index (χ3v) is 4.91. The smallest absolute Gasteiger partial charge is 0.0614 e. The van der Waals surface area contributed by atoms with Crippen molar-refractivity contribution in [1.82, 2.24) is 4.90 Å². The molecule has 0 aromatic heterocycles. The largest absolute Gasteiger partial charge is 0.397 e. The molecule has 0 radical (unpaired) electrons. The number of halogens is 2. The Morgan fingerprint density at radius 1 is 1.21 bits per heavy atom. The van der Waals surface area contributed by atoms with E-state index in [0.717, 1.165) is 12.2 Å². The van der Waals surface area contributed by atoms with Crippen LogP contribution in [0.25, 0.3) is 0 Å². The molecule has 3 N–H and O–H groups in total. The summed E-state index contributed by atoms with van der Waals surface area (Å²) in [5, 5.41) is 4.46. The number of nitrogens with two attached hydrogens (primary N) is 1. The van der Waals surface area contributed by atoms with Gasteiger partial charge in [0.25, 0.3) is 0 Å². The molecule has 1 aromatic carbocycles. The molecule has 1 aliphatic rings. The maximum Gasteiger partial charge on any atom is 0.0614 e. The van der Waals surface area contributed by atoms with Gasteiger partial charge in [0.05, 0.1) is 21.4 Å². The molecular formula is C14H21Cl2N3. The van der Waals surface area contributed by atoms with Crippen LogP contribution >= 0.6 is 23.2 Å². The summed E-state index contributed by atoms with van der Waals surface area (Å²) in [4.78, 5) is 2.32. The van der Waals surface area contributed by atoms with Crippen molar-refractivity contribution < 1.29 is 0 Å². The van der Waals surface area contributed by atoms with Crippen LogP contribution < -0.4 is 11.1 Å². The van der Waals surface area contributed by atoms with E-state index < -0.39 is 0 Å². The van der Waals surface area contributed by atoms with Gasteiger partial charge >= 0.3 is 0 Å². The molecule has 19 heavy (non-hydrogen) atoms. The summed E-state index contributed by atoms with van der Waals surface area (Å²) in [5.41, 5.74) is 7.70. The lowest BCUT2D eigenvalue weighted by atomic mass is 9.96. The Morgan fingerprint density at radius 3 is 2.37 bits per heavy atom. The van der Waals surface area contributed by atoms with Crippen molar-refractivity contribution in [3.63, 3.8) is 0 Å². The molecular weight excluding hydrogens is 281 g/mol. The van der Waals surface area contributed by atoms with Gasteiger partial charge in [-0.3, -0.25) is 0 Å². The quantitative estimate of drug-likeness (QED) is 0.830. The van der Waals surface area contributed by atoms with Crippen molar-refractivity contribution in [2.75, 3.05) is 31.7 Å². The van der Waals surface area contributed by atoms with E-state index in [2.05, 4.69) is 24.3 Å². The lowest BCUT2D eigenvalue weighted by Crippen LogP contribution is -2.47. The number of nitrogen functional groups attached to an aromatic ring is 1. The number of benzene rings is 1. The van der Waals surface area contributed by atoms with Crippen LogP contribution in [0, 0.1) is 0 Å². The Morgan fingerprint density at radius 2 is 1.79 bits per heavy atom. The molecule has 1 saturated carbocycles. The standard InChI is InChI=1S/C14H21Cl2N3/c1-19(2)14(5-3-4-6-14)9-18-13-8-11(16)10(15)7-12(13)17/h7-8,18H,3-6,9,17H2,1-2H3. The lowest BCUT2D eigenvalue weighted by molar-refractivity contribution is 0.172. The van der Waals surface area contributed by atoms with E-state index >= 15 is 0 Å². The summed E-state index contributed by atoms with van der Waals surface area (Å²) in [7, 11) is 4.29. The molecule has 3 nitrogen and oxygen atoms in total. The number of nitrogens with zero attached hydrogens (tertiary/aromatic N) is 1. The first-order valence-corrected chi connectivity index (χ1v) is 7.36. The summed E-state index contributed by atoms with van der Waals surface area (Å²) >= 11 is 12.0. The third-order valence-electron chi connectivity index (χ3n) is 4.18. The van der Waals surface area contributed by atoms with Gasteiger partial charge in [-0.25, -0.2) is 0 Å². The molecule has 0 amide bonds. The lowest BCUT2D eigenvalue weighted by Gasteiger charge is -2.37. The summed E-state index contributed by atoms with van der Waals surface area (Å²) in [6.45, 7) is 0.877. The zero-order valence-electron chi connectivity index (χ0n) is 11.5. The van der Waals surface area contributed by atoms with Crippen LogP contribution in [0.15, 0.2) is 12.1 Å². The maximum absolute atomic E-state index is 6.04. The molecule has 0 atom stereocenters. The van der Waals surface area contributed by atoms with Gasteiger partial charge in [-0.15, -0.1) is 0 Å². The Kier molecular flexibility index (Phi) is 4.49. The van der Waals surface area contributed by atoms with Gasteiger partial charge in [0.1, 0.15) is 0 Å². The van der Waals surface area contributed by atoms with Gasteiger partial charge in [0.2, 0.25) is 0 Å². The van der Waals surface area contributed by atoms with E-state index in [1.54, 1.807) is 12.1 Å². The third kappa shape index (κ3) is 3.10. The second-order valence-corrected chi connectivity index (χ2v) is 6.35. The molecule has 0 spiro atoms. The second-order valence-electron chi connectivity index (χ2n) is 5.53. The summed E-state index contributed by atoms with van der Waals surface area (Å²) in [6, 6.07) is 3.50. The van der Waals surface area contributed by atoms with Crippen LogP contribution in [-0.4, -0.2) is 31.1 Å². The van der Waals surface area contributed by atoms with Crippen LogP contribution in [0.1, 0.15) is 25.7 Å². The van der Waals surface area contributed by atoms with Crippen molar-refractivity contribution >= 4 is 34.6 Å². The average Bonchev–Trinajstić information content (AvgIpc) is 2.82. The van der Waals surface area contributed by atoms with E-state index in [0.29, 0.717) is 15.7 Å². The average molecular weight is 302 g/mol. The van der Waals surface area contributed by atoms with Crippen molar-refractivity contribution in [2.45, 2.75) is 31.2 Å². The molecule has 0 bridgehead atoms. The van der Waals surface area contributed by atoms with Gasteiger partial charge in [-0.1, -0.05) is 36.0 Å². The minimum atomic E-state index is 0.221. The molecule has 1 fully saturated rings. The summed E-state index contributed by atoms with van der Waals surface area (Å²) in [5.74, 6) is 0. The molecule has 0 saturated heterocycles. The molecule has 1 aliphatic carbocycles. The van der Waals surface area contributed by atoms with Crippen LogP contribution in [0.4, 0.5) is 11.4 Å². The minimum absolute atomic E-state index is 0.221. The highest BCUT2D eigenvalue weighted by molar-refractivity contribution is 6.42. The second kappa shape index (κ2) is 5.78. The van der Waals surface area contributed by atoms with E-state index in [9.17, 15) is 0 Å². The zero-order chi connectivity index (χ0) is 14.0. The Bertz CT molecular complexity index is 454. The van der Waals surface area contributed by atoms with E-state index in [1.807, 2.05) is 0 Å². The van der Waals surface area contributed by atoms with Gasteiger partial charge in [0.15, 0.2) is 0 Å². The fraction of sp³-hybridized carbons (Fsp3) is 0.571. The van der Waals surface area contributed by atoms with Gasteiger partial charge in [-0.05, 0) is 39.1 Å². The first-order chi connectivity index (χ1) is 8.94. The highest BCUT2D eigenvalue weighted by Gasteiger charge is 2.35. The number of hydrogen-bond acceptors (Lipinski definition) is 3. The highest BCUT2D eigenvalue weighted by atomic mass is 35.5. The predicted molar refractivity (Wildman–Crippen MR) is 84.3 cm³/mol. The fourth-order valence-corrected chi connectivity index (χ4v) is 3.13. The molecule has 0 unspecified atom stereocenters. The Hall–Kier alpha value is -0.640. The molecule has 5 heteroatoms. The van der Waals surface area contributed by atoms with E-state index in [-0.39, 0.29) is 5.54 Å². The number of hydrogen-bond donors (Lipinski definition) is 2. The van der Waals surface area contributed by atoms with Gasteiger partial charge < -0.3 is 16.0 Å². The normalized spacial score (nSPS) is 17.9. The predicted octanol–water partition coefficient (Wildman–Crippen LogP) is 3.86. The number of rotatable bonds is 4. The van der Waals surface area contributed by atoms with Crippen molar-refractivity contribution in [3.05, 3.63) is 22.2 Å². The minimum Gasteiger partial charge on any atom is -0.397 e. The number of anilines is 2. The molecule has 0 heterocycles. The highest BCUT2D eigenvalue weighted by Crippen LogP contribution is 2.36. The first kappa shape index (κ1) is 14.8. The molecule has 0 aliphatic heterocycles. The van der Waals surface area contributed by atoms with Crippen molar-refractivity contribution in [3.8, 4) is 0 Å². The molecule has 1 aromatic rings. The molecule has 106 valence electrons. The maximum atomic E-state index is 6.04. The monoisotopic (exact) mass is 301 g/mol. The van der Waals surface area contributed by atoms with Crippen LogP contribution in [0.5, 0.6) is 0 Å². The number of nitrogens with one attached hydrogen (secondary N) is 1. The summed E-state index contributed by atoms with van der Waals surface area (Å²) in [6.07, 6.45) is 5.01. The zero-order valence-corrected chi connectivity index (χ0v) is 13.0. The van der Waals surface area contributed by atoms with Crippen molar-refractivity contribution in [1.29, 1.82) is 0 Å². The van der Waals surface area contributed by atoms with Crippen molar-refractivity contribution in [2.24, 2.45) is 0 Å². The van der Waals surface area contributed by atoms with E-state index in [1.165, 1.54) is 25.7 Å². The van der Waals surface area contributed by atoms with Crippen LogP contribution in [0.2, 0.25) is 10.0 Å². The number of likely N-dealkylation sites (N-methyl/N-ethyl adjacent to an activating group) is 1. The topological polar surface area (TPSA) is 41.3 Å². The van der Waals surface area contributed by atoms with Crippen LogP contribution in [0.3, 0.4) is 0 Å². The van der Waals surface area contributed by atoms with Gasteiger partial charge in [0, 0.05) is 12.1 Å². The first-order valence-electron chi connectivity index (χ1n) is 6.60. The molecule has 2 rings (SSSR count). The fourth-order valence-electron chi connectivity index (χ4n) is 2.79. The Balaban J connectivity index is 2.11. The Labute approximate surface area is 125 Å². The summed E-state index contributed by atoms with van der Waals surface area (Å²) < 4.78 is 0. The SMILES string of the molecule is CN(C)C1(CNc2cc(Cl)c(Cl)cc2N)CCCC1. The van der Waals surface area contributed by atoms with E-state index in [4.69, 9.17) is 28.9 Å². The van der Waals surface area contributed by atoms with Gasteiger partial charge in [-0.2, -0.15) is 0 Å². The van der Waals surface area contributed by atoms with Crippen LogP contribution in [-0.2, 0) is 0 Å².